The summed E-state index contributed by atoms with van der Waals surface area (Å²) in [6.45, 7) is 13.5. The standard InChI is InChI=1S/C16H23NO2.C9H13NOS/c1-9(2)12-5-11-7-19-8-14(11)16(10(3)4)13(12)6-15(17)18;1-9(2,11)7-3-5-8(12-10)6-4-7/h5,9-10H,6-8H2,1-4H3,(H2,17,18);3-6,11H,10H2,1-2H3. The topological polar surface area (TPSA) is 98.6 Å². The van der Waals surface area contributed by atoms with E-state index >= 15 is 0 Å². The third kappa shape index (κ3) is 6.56. The Balaban J connectivity index is 0.000000245. The van der Waals surface area contributed by atoms with E-state index in [-0.39, 0.29) is 5.91 Å². The van der Waals surface area contributed by atoms with E-state index in [4.69, 9.17) is 15.6 Å². The lowest BCUT2D eigenvalue weighted by atomic mass is 9.82. The number of fused-ring (bicyclic) bond motifs is 1. The lowest BCUT2D eigenvalue weighted by Crippen LogP contribution is -2.18. The third-order valence-electron chi connectivity index (χ3n) is 5.47. The van der Waals surface area contributed by atoms with Crippen molar-refractivity contribution in [2.24, 2.45) is 10.9 Å². The van der Waals surface area contributed by atoms with E-state index in [1.807, 2.05) is 24.3 Å². The molecule has 0 saturated heterocycles. The maximum absolute atomic E-state index is 11.4. The Morgan fingerprint density at radius 3 is 2.19 bits per heavy atom. The van der Waals surface area contributed by atoms with Gasteiger partial charge in [-0.2, -0.15) is 0 Å². The maximum atomic E-state index is 11.4. The van der Waals surface area contributed by atoms with Crippen LogP contribution in [0, 0.1) is 0 Å². The summed E-state index contributed by atoms with van der Waals surface area (Å²) in [5.41, 5.74) is 11.8. The zero-order chi connectivity index (χ0) is 23.3. The molecule has 0 atom stereocenters. The molecule has 0 fully saturated rings. The molecular formula is C25H36N2O3S. The zero-order valence-electron chi connectivity index (χ0n) is 19.5. The van der Waals surface area contributed by atoms with Crippen molar-refractivity contribution in [1.29, 1.82) is 0 Å². The van der Waals surface area contributed by atoms with Crippen LogP contribution in [0.1, 0.15) is 86.8 Å². The monoisotopic (exact) mass is 444 g/mol. The quantitative estimate of drug-likeness (QED) is 0.552. The number of hydrogen-bond acceptors (Lipinski definition) is 5. The molecule has 0 saturated carbocycles. The van der Waals surface area contributed by atoms with E-state index in [0.717, 1.165) is 16.0 Å². The molecule has 2 aromatic carbocycles. The van der Waals surface area contributed by atoms with E-state index in [0.29, 0.717) is 31.5 Å². The lowest BCUT2D eigenvalue weighted by Gasteiger charge is -2.22. The molecular weight excluding hydrogens is 408 g/mol. The summed E-state index contributed by atoms with van der Waals surface area (Å²) >= 11 is 1.21. The predicted octanol–water partition coefficient (Wildman–Crippen LogP) is 4.87. The van der Waals surface area contributed by atoms with Gasteiger partial charge in [0.1, 0.15) is 0 Å². The first kappa shape index (κ1) is 25.4. The fraction of sp³-hybridized carbons (Fsp3) is 0.480. The van der Waals surface area contributed by atoms with E-state index in [1.165, 1.54) is 34.2 Å². The summed E-state index contributed by atoms with van der Waals surface area (Å²) < 4.78 is 5.58. The number of benzene rings is 2. The Bertz CT molecular complexity index is 900. The van der Waals surface area contributed by atoms with Crippen molar-refractivity contribution in [3.05, 3.63) is 63.7 Å². The van der Waals surface area contributed by atoms with Gasteiger partial charge in [0.15, 0.2) is 0 Å². The van der Waals surface area contributed by atoms with Crippen LogP contribution in [-0.2, 0) is 34.8 Å². The van der Waals surface area contributed by atoms with Crippen LogP contribution in [0.25, 0.3) is 0 Å². The second-order valence-corrected chi connectivity index (χ2v) is 9.85. The Labute approximate surface area is 190 Å². The summed E-state index contributed by atoms with van der Waals surface area (Å²) in [4.78, 5) is 12.4. The van der Waals surface area contributed by atoms with Crippen LogP contribution in [0.4, 0.5) is 0 Å². The Morgan fingerprint density at radius 1 is 1.13 bits per heavy atom. The van der Waals surface area contributed by atoms with Gasteiger partial charge in [-0.3, -0.25) is 9.93 Å². The average Bonchev–Trinajstić information content (AvgIpc) is 3.14. The number of nitrogens with two attached hydrogens (primary N) is 2. The SMILES string of the molecule is CC(C)(O)c1ccc(SN)cc1.CC(C)c1cc2c(c(C(C)C)c1CC(N)=O)COC2. The second-order valence-electron chi connectivity index (χ2n) is 9.14. The van der Waals surface area contributed by atoms with Crippen LogP contribution < -0.4 is 10.9 Å². The van der Waals surface area contributed by atoms with Crippen LogP contribution in [0.3, 0.4) is 0 Å². The molecule has 6 heteroatoms. The zero-order valence-corrected chi connectivity index (χ0v) is 20.3. The molecule has 0 unspecified atom stereocenters. The molecule has 0 radical (unpaired) electrons. The van der Waals surface area contributed by atoms with Crippen LogP contribution in [0.5, 0.6) is 0 Å². The van der Waals surface area contributed by atoms with Gasteiger partial charge >= 0.3 is 0 Å². The summed E-state index contributed by atoms with van der Waals surface area (Å²) in [5.74, 6) is 0.504. The predicted molar refractivity (Wildman–Crippen MR) is 128 cm³/mol. The molecule has 2 aromatic rings. The number of carbonyl (C=O) groups excluding carboxylic acids is 1. The van der Waals surface area contributed by atoms with Crippen molar-refractivity contribution in [2.45, 2.75) is 83.5 Å². The average molecular weight is 445 g/mol. The highest BCUT2D eigenvalue weighted by molar-refractivity contribution is 7.97. The van der Waals surface area contributed by atoms with Gasteiger partial charge in [-0.1, -0.05) is 45.9 Å². The van der Waals surface area contributed by atoms with Crippen molar-refractivity contribution < 1.29 is 14.6 Å². The van der Waals surface area contributed by atoms with Gasteiger partial charge in [-0.25, -0.2) is 0 Å². The van der Waals surface area contributed by atoms with Crippen molar-refractivity contribution in [1.82, 2.24) is 0 Å². The van der Waals surface area contributed by atoms with Gasteiger partial charge in [0.25, 0.3) is 0 Å². The Morgan fingerprint density at radius 2 is 1.74 bits per heavy atom. The van der Waals surface area contributed by atoms with E-state index in [9.17, 15) is 9.90 Å². The molecule has 1 aliphatic rings. The number of primary amides is 1. The number of hydrogen-bond donors (Lipinski definition) is 3. The number of ether oxygens (including phenoxy) is 1. The van der Waals surface area contributed by atoms with E-state index in [2.05, 4.69) is 33.8 Å². The molecule has 0 aliphatic carbocycles. The minimum Gasteiger partial charge on any atom is -0.386 e. The molecule has 3 rings (SSSR count). The minimum atomic E-state index is -0.766. The number of aliphatic hydroxyl groups is 1. The van der Waals surface area contributed by atoms with Gasteiger partial charge in [0, 0.05) is 4.90 Å². The fourth-order valence-corrected chi connectivity index (χ4v) is 4.25. The normalized spacial score (nSPS) is 13.2. The van der Waals surface area contributed by atoms with Crippen molar-refractivity contribution >= 4 is 17.9 Å². The molecule has 0 aromatic heterocycles. The molecule has 1 aliphatic heterocycles. The highest BCUT2D eigenvalue weighted by Crippen LogP contribution is 2.36. The third-order valence-corrected chi connectivity index (χ3v) is 6.01. The van der Waals surface area contributed by atoms with Gasteiger partial charge < -0.3 is 15.6 Å². The molecule has 31 heavy (non-hydrogen) atoms. The fourth-order valence-electron chi connectivity index (χ4n) is 3.96. The molecule has 5 N–H and O–H groups in total. The van der Waals surface area contributed by atoms with Crippen LogP contribution >= 0.6 is 11.9 Å². The van der Waals surface area contributed by atoms with Gasteiger partial charge in [0.2, 0.25) is 5.91 Å². The maximum Gasteiger partial charge on any atom is 0.221 e. The number of rotatable bonds is 6. The van der Waals surface area contributed by atoms with E-state index in [1.54, 1.807) is 13.8 Å². The minimum absolute atomic E-state index is 0.261. The first-order valence-electron chi connectivity index (χ1n) is 10.7. The summed E-state index contributed by atoms with van der Waals surface area (Å²) in [6.07, 6.45) is 0.328. The molecule has 1 heterocycles. The Kier molecular flexibility index (Phi) is 8.72. The first-order chi connectivity index (χ1) is 14.5. The summed E-state index contributed by atoms with van der Waals surface area (Å²) in [5, 5.41) is 15.0. The molecule has 170 valence electrons. The highest BCUT2D eigenvalue weighted by Gasteiger charge is 2.25. The van der Waals surface area contributed by atoms with Crippen molar-refractivity contribution in [3.63, 3.8) is 0 Å². The number of carbonyl (C=O) groups is 1. The van der Waals surface area contributed by atoms with Crippen LogP contribution in [-0.4, -0.2) is 11.0 Å². The van der Waals surface area contributed by atoms with E-state index < -0.39 is 5.60 Å². The number of amides is 1. The van der Waals surface area contributed by atoms with Gasteiger partial charge in [-0.15, -0.1) is 0 Å². The first-order valence-corrected chi connectivity index (χ1v) is 11.6. The Hall–Kier alpha value is -1.86. The smallest absolute Gasteiger partial charge is 0.221 e. The second kappa shape index (κ2) is 10.6. The summed E-state index contributed by atoms with van der Waals surface area (Å²) in [6, 6.07) is 9.78. The molecule has 5 nitrogen and oxygen atoms in total. The molecule has 0 bridgehead atoms. The summed E-state index contributed by atoms with van der Waals surface area (Å²) in [7, 11) is 0. The van der Waals surface area contributed by atoms with Crippen molar-refractivity contribution in [3.8, 4) is 0 Å². The van der Waals surface area contributed by atoms with Crippen molar-refractivity contribution in [2.75, 3.05) is 0 Å². The van der Waals surface area contributed by atoms with Gasteiger partial charge in [0.05, 0.1) is 25.2 Å². The largest absolute Gasteiger partial charge is 0.386 e. The lowest BCUT2D eigenvalue weighted by molar-refractivity contribution is -0.117. The molecule has 0 spiro atoms. The van der Waals surface area contributed by atoms with Gasteiger partial charge in [-0.05, 0) is 83.1 Å². The van der Waals surface area contributed by atoms with Crippen LogP contribution in [0.15, 0.2) is 35.2 Å². The van der Waals surface area contributed by atoms with Crippen LogP contribution in [0.2, 0.25) is 0 Å². The highest BCUT2D eigenvalue weighted by atomic mass is 32.2. The molecule has 1 amide bonds.